The first-order chi connectivity index (χ1) is 9.43. The number of ketones is 1. The predicted octanol–water partition coefficient (Wildman–Crippen LogP) is 2.99. The van der Waals surface area contributed by atoms with Gasteiger partial charge in [0.2, 0.25) is 0 Å². The van der Waals surface area contributed by atoms with Gasteiger partial charge < -0.3 is 9.47 Å². The maximum absolute atomic E-state index is 11.8. The summed E-state index contributed by atoms with van der Waals surface area (Å²) in [6, 6.07) is 6.91. The first kappa shape index (κ1) is 15.9. The number of carbonyl (C=O) groups excluding carboxylic acids is 1. The average Bonchev–Trinajstić information content (AvgIpc) is 2.42. The third kappa shape index (κ3) is 5.65. The summed E-state index contributed by atoms with van der Waals surface area (Å²) in [6.07, 6.45) is -4.28. The van der Waals surface area contributed by atoms with Crippen LogP contribution in [0.15, 0.2) is 24.3 Å². The van der Waals surface area contributed by atoms with Crippen molar-refractivity contribution in [2.24, 2.45) is 0 Å². The van der Waals surface area contributed by atoms with Gasteiger partial charge in [0.15, 0.2) is 0 Å². The van der Waals surface area contributed by atoms with E-state index in [1.54, 1.807) is 37.3 Å². The standard InChI is InChI=1S/C14H13F3O3/c1-19-11-6-8-12(9-7-11)20-10-4-2-3-5-13(18)14(15,16)17/h6-9H,2,4,10H2,1H3. The Kier molecular flexibility index (Phi) is 5.91. The van der Waals surface area contributed by atoms with Crippen molar-refractivity contribution in [2.75, 3.05) is 13.7 Å². The van der Waals surface area contributed by atoms with Crippen LogP contribution < -0.4 is 9.47 Å². The van der Waals surface area contributed by atoms with Gasteiger partial charge >= 0.3 is 12.0 Å². The van der Waals surface area contributed by atoms with E-state index in [2.05, 4.69) is 5.92 Å². The highest BCUT2D eigenvalue weighted by atomic mass is 19.4. The van der Waals surface area contributed by atoms with E-state index < -0.39 is 12.0 Å². The van der Waals surface area contributed by atoms with Crippen molar-refractivity contribution in [1.29, 1.82) is 0 Å². The average molecular weight is 286 g/mol. The molecule has 20 heavy (non-hydrogen) atoms. The first-order valence-electron chi connectivity index (χ1n) is 5.80. The van der Waals surface area contributed by atoms with E-state index in [4.69, 9.17) is 9.47 Å². The molecule has 0 fully saturated rings. The number of hydrogen-bond donors (Lipinski definition) is 0. The minimum absolute atomic E-state index is 0.165. The minimum atomic E-state index is -4.88. The lowest BCUT2D eigenvalue weighted by Crippen LogP contribution is -2.20. The molecule has 0 amide bonds. The molecule has 1 aromatic carbocycles. The van der Waals surface area contributed by atoms with Crippen LogP contribution in [0.3, 0.4) is 0 Å². The number of halogens is 3. The molecule has 0 aliphatic carbocycles. The summed E-state index contributed by atoms with van der Waals surface area (Å²) in [5.74, 6) is 3.04. The van der Waals surface area contributed by atoms with Crippen LogP contribution in [0.4, 0.5) is 13.2 Å². The molecule has 0 aromatic heterocycles. The van der Waals surface area contributed by atoms with E-state index in [1.807, 2.05) is 0 Å². The van der Waals surface area contributed by atoms with Gasteiger partial charge in [0.25, 0.3) is 0 Å². The van der Waals surface area contributed by atoms with Gasteiger partial charge in [-0.15, -0.1) is 0 Å². The van der Waals surface area contributed by atoms with Crippen molar-refractivity contribution in [1.82, 2.24) is 0 Å². The second-order valence-electron chi connectivity index (χ2n) is 3.76. The number of hydrogen-bond acceptors (Lipinski definition) is 3. The Balaban J connectivity index is 2.25. The van der Waals surface area contributed by atoms with Crippen LogP contribution in [0.5, 0.6) is 11.5 Å². The van der Waals surface area contributed by atoms with Crippen molar-refractivity contribution in [2.45, 2.75) is 19.0 Å². The summed E-state index contributed by atoms with van der Waals surface area (Å²) in [5.41, 5.74) is 0. The molecule has 0 bridgehead atoms. The molecule has 0 saturated carbocycles. The Morgan fingerprint density at radius 2 is 1.80 bits per heavy atom. The number of ether oxygens (including phenoxy) is 2. The second-order valence-corrected chi connectivity index (χ2v) is 3.76. The van der Waals surface area contributed by atoms with E-state index in [9.17, 15) is 18.0 Å². The summed E-state index contributed by atoms with van der Waals surface area (Å²) in [4.78, 5) is 10.4. The van der Waals surface area contributed by atoms with Crippen molar-refractivity contribution < 1.29 is 27.4 Å². The Morgan fingerprint density at radius 1 is 1.20 bits per heavy atom. The Hall–Kier alpha value is -2.16. The summed E-state index contributed by atoms with van der Waals surface area (Å²) < 4.78 is 45.8. The topological polar surface area (TPSA) is 35.5 Å². The first-order valence-corrected chi connectivity index (χ1v) is 5.80. The number of rotatable bonds is 5. The summed E-state index contributed by atoms with van der Waals surface area (Å²) in [5, 5.41) is 0. The molecule has 0 unspecified atom stereocenters. The van der Waals surface area contributed by atoms with Gasteiger partial charge in [-0.05, 0) is 36.6 Å². The molecule has 1 aromatic rings. The fourth-order valence-electron chi connectivity index (χ4n) is 1.24. The van der Waals surface area contributed by atoms with Gasteiger partial charge in [-0.1, -0.05) is 5.92 Å². The summed E-state index contributed by atoms with van der Waals surface area (Å²) in [6.45, 7) is 0.307. The van der Waals surface area contributed by atoms with Gasteiger partial charge in [0, 0.05) is 6.42 Å². The molecular formula is C14H13F3O3. The van der Waals surface area contributed by atoms with Crippen LogP contribution in [0, 0.1) is 11.8 Å². The Morgan fingerprint density at radius 3 is 2.35 bits per heavy atom. The van der Waals surface area contributed by atoms with Crippen LogP contribution in [0.25, 0.3) is 0 Å². The van der Waals surface area contributed by atoms with E-state index in [0.29, 0.717) is 24.5 Å². The zero-order valence-corrected chi connectivity index (χ0v) is 10.8. The van der Waals surface area contributed by atoms with Crippen LogP contribution >= 0.6 is 0 Å². The normalized spacial score (nSPS) is 10.4. The monoisotopic (exact) mass is 286 g/mol. The van der Waals surface area contributed by atoms with Gasteiger partial charge in [0.1, 0.15) is 11.5 Å². The molecule has 0 saturated heterocycles. The van der Waals surface area contributed by atoms with Crippen LogP contribution in [0.2, 0.25) is 0 Å². The van der Waals surface area contributed by atoms with E-state index in [0.717, 1.165) is 0 Å². The quantitative estimate of drug-likeness (QED) is 0.474. The molecule has 1 rings (SSSR count). The molecule has 108 valence electrons. The molecular weight excluding hydrogens is 273 g/mol. The Bertz CT molecular complexity index is 495. The molecule has 0 aliphatic heterocycles. The molecule has 0 radical (unpaired) electrons. The van der Waals surface area contributed by atoms with E-state index >= 15 is 0 Å². The molecule has 3 nitrogen and oxygen atoms in total. The Labute approximate surface area is 114 Å². The number of Topliss-reactive ketones (excluding diaryl/α,β-unsaturated/α-hetero) is 1. The second kappa shape index (κ2) is 7.43. The van der Waals surface area contributed by atoms with Crippen molar-refractivity contribution >= 4 is 5.78 Å². The number of methoxy groups -OCH3 is 1. The van der Waals surface area contributed by atoms with Gasteiger partial charge in [-0.25, -0.2) is 0 Å². The zero-order chi connectivity index (χ0) is 15.0. The van der Waals surface area contributed by atoms with Gasteiger partial charge in [-0.3, -0.25) is 4.79 Å². The van der Waals surface area contributed by atoms with E-state index in [-0.39, 0.29) is 6.42 Å². The van der Waals surface area contributed by atoms with Crippen LogP contribution in [0.1, 0.15) is 12.8 Å². The lowest BCUT2D eigenvalue weighted by molar-refractivity contribution is -0.164. The van der Waals surface area contributed by atoms with Crippen LogP contribution in [-0.4, -0.2) is 25.7 Å². The molecule has 0 heterocycles. The van der Waals surface area contributed by atoms with Crippen molar-refractivity contribution in [3.8, 4) is 23.3 Å². The molecule has 6 heteroatoms. The number of benzene rings is 1. The molecule has 0 atom stereocenters. The summed E-state index contributed by atoms with van der Waals surface area (Å²) in [7, 11) is 1.55. The van der Waals surface area contributed by atoms with Crippen LogP contribution in [-0.2, 0) is 4.79 Å². The highest BCUT2D eigenvalue weighted by Gasteiger charge is 2.36. The zero-order valence-electron chi connectivity index (χ0n) is 10.8. The van der Waals surface area contributed by atoms with Gasteiger partial charge in [-0.2, -0.15) is 13.2 Å². The van der Waals surface area contributed by atoms with Gasteiger partial charge in [0.05, 0.1) is 13.7 Å². The highest BCUT2D eigenvalue weighted by Crippen LogP contribution is 2.17. The fourth-order valence-corrected chi connectivity index (χ4v) is 1.24. The lowest BCUT2D eigenvalue weighted by Gasteiger charge is -2.05. The third-order valence-corrected chi connectivity index (χ3v) is 2.23. The smallest absolute Gasteiger partial charge is 0.462 e. The maximum Gasteiger partial charge on any atom is 0.462 e. The molecule has 0 N–H and O–H groups in total. The highest BCUT2D eigenvalue weighted by molar-refractivity contribution is 5.99. The predicted molar refractivity (Wildman–Crippen MR) is 66.6 cm³/mol. The van der Waals surface area contributed by atoms with Crippen molar-refractivity contribution in [3.63, 3.8) is 0 Å². The third-order valence-electron chi connectivity index (χ3n) is 2.23. The lowest BCUT2D eigenvalue weighted by atomic mass is 10.3. The minimum Gasteiger partial charge on any atom is -0.497 e. The molecule has 0 aliphatic rings. The number of unbranched alkanes of at least 4 members (excludes halogenated alkanes) is 1. The van der Waals surface area contributed by atoms with Crippen molar-refractivity contribution in [3.05, 3.63) is 24.3 Å². The fraction of sp³-hybridized carbons (Fsp3) is 0.357. The number of alkyl halides is 3. The van der Waals surface area contributed by atoms with E-state index in [1.165, 1.54) is 0 Å². The molecule has 0 spiro atoms. The maximum atomic E-state index is 11.8. The summed E-state index contributed by atoms with van der Waals surface area (Å²) >= 11 is 0. The SMILES string of the molecule is COc1ccc(OCCCC#CC(=O)C(F)(F)F)cc1. The largest absolute Gasteiger partial charge is 0.497 e. The number of carbonyl (C=O) groups is 1.